The van der Waals surface area contributed by atoms with Crippen LogP contribution in [0, 0.1) is 0 Å². The number of amides is 1. The van der Waals surface area contributed by atoms with Crippen LogP contribution < -0.4 is 14.8 Å². The van der Waals surface area contributed by atoms with Crippen LogP contribution in [0.25, 0.3) is 0 Å². The molecule has 1 fully saturated rings. The summed E-state index contributed by atoms with van der Waals surface area (Å²) in [6.45, 7) is 0.320. The largest absolute Gasteiger partial charge is 0.497 e. The van der Waals surface area contributed by atoms with Gasteiger partial charge in [0.25, 0.3) is 5.91 Å². The van der Waals surface area contributed by atoms with Gasteiger partial charge in [-0.3, -0.25) is 4.79 Å². The topological polar surface area (TPSA) is 119 Å². The molecule has 0 saturated carbocycles. The minimum absolute atomic E-state index is 0.0199. The highest BCUT2D eigenvalue weighted by Gasteiger charge is 2.31. The Kier molecular flexibility index (Phi) is 6.25. The van der Waals surface area contributed by atoms with E-state index in [9.17, 15) is 21.6 Å². The molecule has 0 bridgehead atoms. The van der Waals surface area contributed by atoms with E-state index in [0.717, 1.165) is 11.3 Å². The summed E-state index contributed by atoms with van der Waals surface area (Å²) in [5.41, 5.74) is 1.22. The molecule has 10 heteroatoms. The second kappa shape index (κ2) is 8.52. The molecular weight excluding hydrogens is 416 g/mol. The molecule has 156 valence electrons. The molecule has 2 N–H and O–H groups in total. The average Bonchev–Trinajstić information content (AvgIpc) is 3.04. The molecule has 8 nitrogen and oxygen atoms in total. The van der Waals surface area contributed by atoms with Gasteiger partial charge in [-0.2, -0.15) is 0 Å². The van der Waals surface area contributed by atoms with Gasteiger partial charge >= 0.3 is 0 Å². The molecule has 1 unspecified atom stereocenters. The molecule has 0 spiro atoms. The number of rotatable bonds is 7. The van der Waals surface area contributed by atoms with E-state index < -0.39 is 25.9 Å². The van der Waals surface area contributed by atoms with E-state index in [4.69, 9.17) is 4.74 Å². The smallest absolute Gasteiger partial charge is 0.251 e. The molecule has 1 saturated heterocycles. The highest BCUT2D eigenvalue weighted by atomic mass is 32.2. The fourth-order valence-electron chi connectivity index (χ4n) is 2.99. The number of sulfone groups is 1. The molecule has 1 heterocycles. The lowest BCUT2D eigenvalue weighted by Gasteiger charge is -2.12. The maximum atomic E-state index is 12.4. The number of carbonyl (C=O) groups excluding carboxylic acids is 1. The van der Waals surface area contributed by atoms with Crippen molar-refractivity contribution in [1.29, 1.82) is 0 Å². The predicted molar refractivity (Wildman–Crippen MR) is 108 cm³/mol. The molecule has 0 radical (unpaired) electrons. The van der Waals surface area contributed by atoms with E-state index in [1.807, 2.05) is 12.1 Å². The number of carbonyl (C=O) groups is 1. The van der Waals surface area contributed by atoms with Crippen LogP contribution in [0.4, 0.5) is 0 Å². The van der Waals surface area contributed by atoms with Crippen molar-refractivity contribution in [2.75, 3.05) is 18.6 Å². The maximum Gasteiger partial charge on any atom is 0.251 e. The Morgan fingerprint density at radius 3 is 2.31 bits per heavy atom. The molecule has 3 rings (SSSR count). The maximum absolute atomic E-state index is 12.4. The van der Waals surface area contributed by atoms with Crippen LogP contribution in [0.5, 0.6) is 5.75 Å². The lowest BCUT2D eigenvalue weighted by atomic mass is 10.2. The summed E-state index contributed by atoms with van der Waals surface area (Å²) in [6, 6.07) is 12.1. The summed E-state index contributed by atoms with van der Waals surface area (Å²) in [5.74, 6) is 0.172. The van der Waals surface area contributed by atoms with Crippen molar-refractivity contribution in [2.24, 2.45) is 0 Å². The van der Waals surface area contributed by atoms with Crippen LogP contribution in [0.3, 0.4) is 0 Å². The van der Waals surface area contributed by atoms with Gasteiger partial charge in [-0.1, -0.05) is 12.1 Å². The molecular formula is C19H22N2O6S2. The van der Waals surface area contributed by atoms with Crippen molar-refractivity contribution in [1.82, 2.24) is 10.0 Å². The van der Waals surface area contributed by atoms with Crippen molar-refractivity contribution >= 4 is 25.8 Å². The van der Waals surface area contributed by atoms with Gasteiger partial charge in [0.05, 0.1) is 23.5 Å². The van der Waals surface area contributed by atoms with E-state index in [-0.39, 0.29) is 28.7 Å². The Morgan fingerprint density at radius 2 is 1.76 bits per heavy atom. The van der Waals surface area contributed by atoms with Gasteiger partial charge in [-0.25, -0.2) is 21.6 Å². The van der Waals surface area contributed by atoms with E-state index in [2.05, 4.69) is 10.0 Å². The van der Waals surface area contributed by atoms with E-state index >= 15 is 0 Å². The SMILES string of the molecule is COc1ccc(CNC(=O)c2ccc(S(=O)(=O)NC3CCS(=O)(=O)C3)cc2)cc1. The first kappa shape index (κ1) is 21.3. The van der Waals surface area contributed by atoms with Crippen molar-refractivity contribution in [3.05, 3.63) is 59.7 Å². The van der Waals surface area contributed by atoms with Crippen molar-refractivity contribution in [3.8, 4) is 5.75 Å². The standard InChI is InChI=1S/C19H22N2O6S2/c1-27-17-6-2-14(3-7-17)12-20-19(22)15-4-8-18(9-5-15)29(25,26)21-16-10-11-28(23,24)13-16/h2-9,16,21H,10-13H2,1H3,(H,20,22). The van der Waals surface area contributed by atoms with E-state index in [1.165, 1.54) is 24.3 Å². The molecule has 2 aromatic carbocycles. The van der Waals surface area contributed by atoms with Gasteiger partial charge in [0.1, 0.15) is 5.75 Å². The fraction of sp³-hybridized carbons (Fsp3) is 0.316. The van der Waals surface area contributed by atoms with Crippen LogP contribution in [-0.4, -0.2) is 47.4 Å². The first-order valence-corrected chi connectivity index (χ1v) is 12.2. The van der Waals surface area contributed by atoms with Crippen LogP contribution in [0.2, 0.25) is 0 Å². The number of methoxy groups -OCH3 is 1. The third kappa shape index (κ3) is 5.55. The summed E-state index contributed by atoms with van der Waals surface area (Å²) < 4.78 is 55.3. The highest BCUT2D eigenvalue weighted by Crippen LogP contribution is 2.17. The summed E-state index contributed by atoms with van der Waals surface area (Å²) >= 11 is 0. The van der Waals surface area contributed by atoms with E-state index in [1.54, 1.807) is 19.2 Å². The predicted octanol–water partition coefficient (Wildman–Crippen LogP) is 1.09. The second-order valence-electron chi connectivity index (χ2n) is 6.78. The van der Waals surface area contributed by atoms with Crippen molar-refractivity contribution in [2.45, 2.75) is 23.9 Å². The number of sulfonamides is 1. The Balaban J connectivity index is 1.60. The zero-order chi connectivity index (χ0) is 21.1. The third-order valence-corrected chi connectivity index (χ3v) is 7.90. The zero-order valence-electron chi connectivity index (χ0n) is 15.8. The van der Waals surface area contributed by atoms with Crippen molar-refractivity contribution < 1.29 is 26.4 Å². The van der Waals surface area contributed by atoms with Gasteiger partial charge in [-0.15, -0.1) is 0 Å². The average molecular weight is 439 g/mol. The molecule has 1 amide bonds. The highest BCUT2D eigenvalue weighted by molar-refractivity contribution is 7.92. The van der Waals surface area contributed by atoms with Gasteiger partial charge < -0.3 is 10.1 Å². The van der Waals surface area contributed by atoms with Crippen molar-refractivity contribution in [3.63, 3.8) is 0 Å². The Bertz CT molecular complexity index is 1080. The number of hydrogen-bond acceptors (Lipinski definition) is 6. The number of benzene rings is 2. The van der Waals surface area contributed by atoms with Crippen LogP contribution in [0.1, 0.15) is 22.3 Å². The number of hydrogen-bond donors (Lipinski definition) is 2. The van der Waals surface area contributed by atoms with Gasteiger partial charge in [0.2, 0.25) is 10.0 Å². The number of nitrogens with one attached hydrogen (secondary N) is 2. The molecule has 0 aliphatic carbocycles. The summed E-state index contributed by atoms with van der Waals surface area (Å²) in [4.78, 5) is 12.3. The minimum Gasteiger partial charge on any atom is -0.497 e. The lowest BCUT2D eigenvalue weighted by molar-refractivity contribution is 0.0951. The summed E-state index contributed by atoms with van der Waals surface area (Å²) in [7, 11) is -5.47. The molecule has 2 aromatic rings. The molecule has 1 aliphatic heterocycles. The molecule has 1 aliphatic rings. The Labute approximate surface area is 170 Å². The third-order valence-electron chi connectivity index (χ3n) is 4.59. The Morgan fingerprint density at radius 1 is 1.10 bits per heavy atom. The molecule has 1 atom stereocenters. The van der Waals surface area contributed by atoms with Gasteiger partial charge in [-0.05, 0) is 48.4 Å². The van der Waals surface area contributed by atoms with Gasteiger partial charge in [0, 0.05) is 18.2 Å². The van der Waals surface area contributed by atoms with Crippen LogP contribution >= 0.6 is 0 Å². The normalized spacial score (nSPS) is 18.3. The lowest BCUT2D eigenvalue weighted by Crippen LogP contribution is -2.35. The first-order chi connectivity index (χ1) is 13.7. The number of ether oxygens (including phenoxy) is 1. The summed E-state index contributed by atoms with van der Waals surface area (Å²) in [5, 5.41) is 2.77. The second-order valence-corrected chi connectivity index (χ2v) is 10.7. The zero-order valence-corrected chi connectivity index (χ0v) is 17.4. The molecule has 0 aromatic heterocycles. The first-order valence-electron chi connectivity index (χ1n) is 8.92. The fourth-order valence-corrected chi connectivity index (χ4v) is 6.04. The monoisotopic (exact) mass is 438 g/mol. The Hall–Kier alpha value is -2.43. The molecule has 29 heavy (non-hydrogen) atoms. The van der Waals surface area contributed by atoms with Gasteiger partial charge in [0.15, 0.2) is 9.84 Å². The van der Waals surface area contributed by atoms with Crippen LogP contribution in [0.15, 0.2) is 53.4 Å². The quantitative estimate of drug-likeness (QED) is 0.668. The summed E-state index contributed by atoms with van der Waals surface area (Å²) in [6.07, 6.45) is 0.257. The van der Waals surface area contributed by atoms with Crippen LogP contribution in [-0.2, 0) is 26.4 Å². The minimum atomic E-state index is -3.86. The van der Waals surface area contributed by atoms with E-state index in [0.29, 0.717) is 12.1 Å².